The van der Waals surface area contributed by atoms with Gasteiger partial charge in [0.15, 0.2) is 5.82 Å². The predicted molar refractivity (Wildman–Crippen MR) is 41.2 cm³/mol. The third-order valence-electron chi connectivity index (χ3n) is 1.48. The molecule has 0 saturated carbocycles. The Balaban J connectivity index is 2.58. The van der Waals surface area contributed by atoms with E-state index in [1.165, 1.54) is 11.8 Å². The minimum absolute atomic E-state index is 0.0224. The van der Waals surface area contributed by atoms with E-state index in [2.05, 4.69) is 10.1 Å². The molecule has 0 fully saturated rings. The standard InChI is InChI=1S/C7H11N3O2/c1-5-8-7(12-9-5)4-10(3)6(2)11/h4H2,1-3H3. The van der Waals surface area contributed by atoms with Crippen molar-refractivity contribution in [1.29, 1.82) is 0 Å². The second-order valence-corrected chi connectivity index (χ2v) is 2.61. The minimum atomic E-state index is -0.0224. The first-order valence-electron chi connectivity index (χ1n) is 3.60. The van der Waals surface area contributed by atoms with Crippen LogP contribution in [0, 0.1) is 6.92 Å². The van der Waals surface area contributed by atoms with E-state index in [-0.39, 0.29) is 5.91 Å². The van der Waals surface area contributed by atoms with Crippen LogP contribution in [-0.4, -0.2) is 28.0 Å². The summed E-state index contributed by atoms with van der Waals surface area (Å²) in [6, 6.07) is 0. The van der Waals surface area contributed by atoms with Crippen LogP contribution in [0.3, 0.4) is 0 Å². The third kappa shape index (κ3) is 2.05. The van der Waals surface area contributed by atoms with Crippen LogP contribution in [0.5, 0.6) is 0 Å². The second-order valence-electron chi connectivity index (χ2n) is 2.61. The van der Waals surface area contributed by atoms with Crippen LogP contribution in [0.4, 0.5) is 0 Å². The molecule has 5 heteroatoms. The maximum Gasteiger partial charge on any atom is 0.246 e. The molecule has 0 radical (unpaired) electrons. The van der Waals surface area contributed by atoms with E-state index < -0.39 is 0 Å². The van der Waals surface area contributed by atoms with Crippen LogP contribution in [0.15, 0.2) is 4.52 Å². The van der Waals surface area contributed by atoms with Gasteiger partial charge in [-0.3, -0.25) is 4.79 Å². The summed E-state index contributed by atoms with van der Waals surface area (Å²) in [4.78, 5) is 16.3. The first kappa shape index (κ1) is 8.70. The zero-order valence-electron chi connectivity index (χ0n) is 7.37. The molecular weight excluding hydrogens is 158 g/mol. The molecule has 0 aromatic carbocycles. The van der Waals surface area contributed by atoms with Gasteiger partial charge in [-0.15, -0.1) is 0 Å². The molecule has 0 bridgehead atoms. The molecular formula is C7H11N3O2. The summed E-state index contributed by atoms with van der Waals surface area (Å²) in [7, 11) is 1.68. The van der Waals surface area contributed by atoms with Crippen molar-refractivity contribution < 1.29 is 9.32 Å². The number of nitrogens with zero attached hydrogens (tertiary/aromatic N) is 3. The lowest BCUT2D eigenvalue weighted by Crippen LogP contribution is -2.23. The van der Waals surface area contributed by atoms with Gasteiger partial charge in [0.2, 0.25) is 11.8 Å². The molecule has 12 heavy (non-hydrogen) atoms. The maximum absolute atomic E-state index is 10.8. The summed E-state index contributed by atoms with van der Waals surface area (Å²) >= 11 is 0. The van der Waals surface area contributed by atoms with Crippen LogP contribution in [0.25, 0.3) is 0 Å². The van der Waals surface area contributed by atoms with Crippen molar-refractivity contribution in [3.05, 3.63) is 11.7 Å². The van der Waals surface area contributed by atoms with Gasteiger partial charge in [-0.2, -0.15) is 4.98 Å². The average molecular weight is 169 g/mol. The van der Waals surface area contributed by atoms with Crippen molar-refractivity contribution in [2.24, 2.45) is 0 Å². The Morgan fingerprint density at radius 3 is 2.75 bits per heavy atom. The number of hydrogen-bond acceptors (Lipinski definition) is 4. The molecule has 0 aliphatic heterocycles. The molecule has 1 aromatic rings. The molecule has 1 aromatic heterocycles. The minimum Gasteiger partial charge on any atom is -0.337 e. The monoisotopic (exact) mass is 169 g/mol. The highest BCUT2D eigenvalue weighted by molar-refractivity contribution is 5.72. The highest BCUT2D eigenvalue weighted by Crippen LogP contribution is 1.99. The fraction of sp³-hybridized carbons (Fsp3) is 0.571. The molecule has 0 aliphatic carbocycles. The van der Waals surface area contributed by atoms with E-state index in [0.717, 1.165) is 0 Å². The molecule has 5 nitrogen and oxygen atoms in total. The van der Waals surface area contributed by atoms with Gasteiger partial charge in [-0.05, 0) is 6.92 Å². The fourth-order valence-corrected chi connectivity index (χ4v) is 0.718. The van der Waals surface area contributed by atoms with Crippen molar-refractivity contribution >= 4 is 5.91 Å². The Bertz CT molecular complexity index is 282. The van der Waals surface area contributed by atoms with Crippen LogP contribution in [-0.2, 0) is 11.3 Å². The van der Waals surface area contributed by atoms with E-state index in [1.807, 2.05) is 0 Å². The zero-order valence-corrected chi connectivity index (χ0v) is 7.37. The Hall–Kier alpha value is -1.39. The molecule has 0 unspecified atom stereocenters. The summed E-state index contributed by atoms with van der Waals surface area (Å²) in [6.45, 7) is 3.60. The topological polar surface area (TPSA) is 59.2 Å². The Morgan fingerprint density at radius 1 is 1.67 bits per heavy atom. The molecule has 0 N–H and O–H groups in total. The molecule has 0 spiro atoms. The van der Waals surface area contributed by atoms with Gasteiger partial charge in [-0.25, -0.2) is 0 Å². The first-order chi connectivity index (χ1) is 5.59. The van der Waals surface area contributed by atoms with E-state index in [4.69, 9.17) is 4.52 Å². The number of carbonyl (C=O) groups excluding carboxylic acids is 1. The molecule has 1 heterocycles. The van der Waals surface area contributed by atoms with Crippen LogP contribution in [0.1, 0.15) is 18.6 Å². The first-order valence-corrected chi connectivity index (χ1v) is 3.60. The predicted octanol–water partition coefficient (Wildman–Crippen LogP) is 0.356. The van der Waals surface area contributed by atoms with Crippen molar-refractivity contribution in [2.75, 3.05) is 7.05 Å². The number of rotatable bonds is 2. The van der Waals surface area contributed by atoms with E-state index >= 15 is 0 Å². The van der Waals surface area contributed by atoms with Crippen LogP contribution < -0.4 is 0 Å². The fourth-order valence-electron chi connectivity index (χ4n) is 0.718. The lowest BCUT2D eigenvalue weighted by atomic mass is 10.5. The number of aromatic nitrogens is 2. The van der Waals surface area contributed by atoms with Gasteiger partial charge in [0.05, 0.1) is 6.54 Å². The lowest BCUT2D eigenvalue weighted by Gasteiger charge is -2.10. The number of aryl methyl sites for hydroxylation is 1. The average Bonchev–Trinajstić information content (AvgIpc) is 2.35. The summed E-state index contributed by atoms with van der Waals surface area (Å²) < 4.78 is 4.83. The van der Waals surface area contributed by atoms with E-state index in [0.29, 0.717) is 18.3 Å². The highest BCUT2D eigenvalue weighted by Gasteiger charge is 2.08. The molecule has 1 rings (SSSR count). The quantitative estimate of drug-likeness (QED) is 0.641. The van der Waals surface area contributed by atoms with Gasteiger partial charge in [0.1, 0.15) is 0 Å². The summed E-state index contributed by atoms with van der Waals surface area (Å²) in [5.41, 5.74) is 0. The second kappa shape index (κ2) is 3.34. The number of hydrogen-bond donors (Lipinski definition) is 0. The van der Waals surface area contributed by atoms with Crippen molar-refractivity contribution in [1.82, 2.24) is 15.0 Å². The van der Waals surface area contributed by atoms with Crippen LogP contribution >= 0.6 is 0 Å². The SMILES string of the molecule is CC(=O)N(C)Cc1nc(C)no1. The van der Waals surface area contributed by atoms with Crippen molar-refractivity contribution in [3.63, 3.8) is 0 Å². The Labute approximate surface area is 70.4 Å². The highest BCUT2D eigenvalue weighted by atomic mass is 16.5. The lowest BCUT2D eigenvalue weighted by molar-refractivity contribution is -0.128. The van der Waals surface area contributed by atoms with Crippen molar-refractivity contribution in [3.8, 4) is 0 Å². The van der Waals surface area contributed by atoms with Gasteiger partial charge >= 0.3 is 0 Å². The van der Waals surface area contributed by atoms with E-state index in [1.54, 1.807) is 14.0 Å². The number of carbonyl (C=O) groups is 1. The number of amides is 1. The molecule has 1 amide bonds. The van der Waals surface area contributed by atoms with Gasteiger partial charge in [-0.1, -0.05) is 5.16 Å². The molecule has 0 aliphatic rings. The van der Waals surface area contributed by atoms with Gasteiger partial charge < -0.3 is 9.42 Å². The Morgan fingerprint density at radius 2 is 2.33 bits per heavy atom. The summed E-state index contributed by atoms with van der Waals surface area (Å²) in [6.07, 6.45) is 0. The molecule has 0 saturated heterocycles. The van der Waals surface area contributed by atoms with Gasteiger partial charge in [0.25, 0.3) is 0 Å². The van der Waals surface area contributed by atoms with Crippen LogP contribution in [0.2, 0.25) is 0 Å². The Kier molecular flexibility index (Phi) is 2.42. The largest absolute Gasteiger partial charge is 0.337 e. The maximum atomic E-state index is 10.8. The normalized spacial score (nSPS) is 9.92. The third-order valence-corrected chi connectivity index (χ3v) is 1.48. The molecule has 0 atom stereocenters. The van der Waals surface area contributed by atoms with Crippen molar-refractivity contribution in [2.45, 2.75) is 20.4 Å². The van der Waals surface area contributed by atoms with E-state index in [9.17, 15) is 4.79 Å². The summed E-state index contributed by atoms with van der Waals surface area (Å²) in [5.74, 6) is 1.03. The molecule has 66 valence electrons. The zero-order chi connectivity index (χ0) is 9.14. The van der Waals surface area contributed by atoms with Gasteiger partial charge in [0, 0.05) is 14.0 Å². The summed E-state index contributed by atoms with van der Waals surface area (Å²) in [5, 5.41) is 3.60. The smallest absolute Gasteiger partial charge is 0.246 e.